The van der Waals surface area contributed by atoms with E-state index in [0.717, 1.165) is 18.9 Å². The Kier molecular flexibility index (Phi) is 4.70. The second-order valence-electron chi connectivity index (χ2n) is 5.33. The molecule has 1 aliphatic rings. The summed E-state index contributed by atoms with van der Waals surface area (Å²) < 4.78 is 26.7. The van der Waals surface area contributed by atoms with Crippen LogP contribution in [-0.2, 0) is 6.42 Å². The van der Waals surface area contributed by atoms with E-state index in [1.165, 1.54) is 25.7 Å². The summed E-state index contributed by atoms with van der Waals surface area (Å²) in [5.74, 6) is -1.06. The summed E-state index contributed by atoms with van der Waals surface area (Å²) in [6.07, 6.45) is 7.66. The van der Waals surface area contributed by atoms with E-state index in [2.05, 4.69) is 0 Å². The van der Waals surface area contributed by atoms with Gasteiger partial charge in [-0.3, -0.25) is 0 Å². The third kappa shape index (κ3) is 3.29. The van der Waals surface area contributed by atoms with E-state index in [-0.39, 0.29) is 6.04 Å². The van der Waals surface area contributed by atoms with Crippen molar-refractivity contribution in [3.63, 3.8) is 0 Å². The highest BCUT2D eigenvalue weighted by Crippen LogP contribution is 2.26. The van der Waals surface area contributed by atoms with Gasteiger partial charge < -0.3 is 5.73 Å². The topological polar surface area (TPSA) is 26.0 Å². The maximum absolute atomic E-state index is 13.6. The molecule has 0 aromatic heterocycles. The van der Waals surface area contributed by atoms with Gasteiger partial charge in [0.05, 0.1) is 0 Å². The number of rotatable bonds is 3. The van der Waals surface area contributed by atoms with Gasteiger partial charge in [0.1, 0.15) is 0 Å². The molecule has 3 heteroatoms. The van der Waals surface area contributed by atoms with Gasteiger partial charge in [0, 0.05) is 6.04 Å². The molecule has 0 radical (unpaired) electrons. The molecule has 0 saturated heterocycles. The molecule has 1 aliphatic carbocycles. The highest BCUT2D eigenvalue weighted by atomic mass is 19.2. The molecule has 2 rings (SSSR count). The van der Waals surface area contributed by atoms with Crippen molar-refractivity contribution >= 4 is 0 Å². The average molecular weight is 253 g/mol. The van der Waals surface area contributed by atoms with Crippen LogP contribution in [-0.4, -0.2) is 6.04 Å². The number of benzene rings is 1. The van der Waals surface area contributed by atoms with Crippen molar-refractivity contribution in [2.75, 3.05) is 0 Å². The van der Waals surface area contributed by atoms with E-state index in [1.54, 1.807) is 12.1 Å². The van der Waals surface area contributed by atoms with Gasteiger partial charge in [-0.15, -0.1) is 0 Å². The first-order chi connectivity index (χ1) is 8.68. The van der Waals surface area contributed by atoms with Gasteiger partial charge in [-0.25, -0.2) is 8.78 Å². The molecule has 1 aromatic carbocycles. The fraction of sp³-hybridized carbons (Fsp3) is 0.600. The Morgan fingerprint density at radius 1 is 1.11 bits per heavy atom. The Hall–Kier alpha value is -0.960. The fourth-order valence-electron chi connectivity index (χ4n) is 2.87. The number of halogens is 2. The molecule has 1 unspecified atom stereocenters. The second-order valence-corrected chi connectivity index (χ2v) is 5.33. The van der Waals surface area contributed by atoms with Crippen LogP contribution in [0.5, 0.6) is 0 Å². The molecule has 1 nitrogen and oxygen atoms in total. The van der Waals surface area contributed by atoms with Crippen LogP contribution in [0.3, 0.4) is 0 Å². The highest BCUT2D eigenvalue weighted by molar-refractivity contribution is 5.20. The summed E-state index contributed by atoms with van der Waals surface area (Å²) in [6.45, 7) is 0. The zero-order chi connectivity index (χ0) is 13.0. The van der Waals surface area contributed by atoms with Crippen LogP contribution >= 0.6 is 0 Å². The van der Waals surface area contributed by atoms with Crippen molar-refractivity contribution in [2.24, 2.45) is 11.7 Å². The van der Waals surface area contributed by atoms with Crippen molar-refractivity contribution in [3.8, 4) is 0 Å². The summed E-state index contributed by atoms with van der Waals surface area (Å²) in [5.41, 5.74) is 6.59. The van der Waals surface area contributed by atoms with Crippen molar-refractivity contribution < 1.29 is 8.78 Å². The zero-order valence-corrected chi connectivity index (χ0v) is 10.7. The minimum Gasteiger partial charge on any atom is -0.327 e. The first-order valence-electron chi connectivity index (χ1n) is 6.87. The molecule has 0 spiro atoms. The number of nitrogens with two attached hydrogens (primary N) is 1. The zero-order valence-electron chi connectivity index (χ0n) is 10.7. The Balaban J connectivity index is 2.01. The molecule has 0 bridgehead atoms. The van der Waals surface area contributed by atoms with Crippen LogP contribution in [0.4, 0.5) is 8.78 Å². The van der Waals surface area contributed by atoms with Gasteiger partial charge in [-0.05, 0) is 36.8 Å². The van der Waals surface area contributed by atoms with Crippen molar-refractivity contribution in [2.45, 2.75) is 51.0 Å². The first kappa shape index (κ1) is 13.5. The van der Waals surface area contributed by atoms with Gasteiger partial charge in [0.25, 0.3) is 0 Å². The van der Waals surface area contributed by atoms with E-state index < -0.39 is 11.6 Å². The molecule has 1 aromatic rings. The summed E-state index contributed by atoms with van der Waals surface area (Å²) in [4.78, 5) is 0. The lowest BCUT2D eigenvalue weighted by Crippen LogP contribution is -2.32. The van der Waals surface area contributed by atoms with Gasteiger partial charge >= 0.3 is 0 Å². The summed E-state index contributed by atoms with van der Waals surface area (Å²) in [5, 5.41) is 0. The average Bonchev–Trinajstić information content (AvgIpc) is 2.63. The first-order valence-corrected chi connectivity index (χ1v) is 6.87. The normalized spacial score (nSPS) is 19.5. The molecule has 18 heavy (non-hydrogen) atoms. The molecular weight excluding hydrogens is 232 g/mol. The van der Waals surface area contributed by atoms with Gasteiger partial charge in [0.15, 0.2) is 11.6 Å². The quantitative estimate of drug-likeness (QED) is 0.815. The molecule has 1 saturated carbocycles. The minimum absolute atomic E-state index is 0.0561. The molecule has 0 amide bonds. The molecule has 100 valence electrons. The third-order valence-electron chi connectivity index (χ3n) is 3.99. The Labute approximate surface area is 107 Å². The fourth-order valence-corrected chi connectivity index (χ4v) is 2.87. The smallest absolute Gasteiger partial charge is 0.162 e. The lowest BCUT2D eigenvalue weighted by molar-refractivity contribution is 0.367. The lowest BCUT2D eigenvalue weighted by atomic mass is 9.88. The summed E-state index contributed by atoms with van der Waals surface area (Å²) >= 11 is 0. The van der Waals surface area contributed by atoms with Crippen molar-refractivity contribution in [1.29, 1.82) is 0 Å². The van der Waals surface area contributed by atoms with Crippen molar-refractivity contribution in [3.05, 3.63) is 35.4 Å². The molecular formula is C15H21F2N. The maximum atomic E-state index is 13.6. The number of hydrogen-bond donors (Lipinski definition) is 1. The Bertz CT molecular complexity index is 384. The predicted octanol–water partition coefficient (Wildman–Crippen LogP) is 3.81. The van der Waals surface area contributed by atoms with E-state index in [9.17, 15) is 8.78 Å². The van der Waals surface area contributed by atoms with Crippen LogP contribution in [0.25, 0.3) is 0 Å². The van der Waals surface area contributed by atoms with E-state index >= 15 is 0 Å². The predicted molar refractivity (Wildman–Crippen MR) is 69.2 cm³/mol. The third-order valence-corrected chi connectivity index (χ3v) is 3.99. The van der Waals surface area contributed by atoms with Crippen LogP contribution in [0.1, 0.15) is 44.1 Å². The largest absolute Gasteiger partial charge is 0.327 e. The molecule has 1 atom stereocenters. The van der Waals surface area contributed by atoms with Crippen LogP contribution < -0.4 is 5.73 Å². The monoisotopic (exact) mass is 253 g/mol. The van der Waals surface area contributed by atoms with Gasteiger partial charge in [0.2, 0.25) is 0 Å². The molecule has 0 heterocycles. The van der Waals surface area contributed by atoms with Crippen LogP contribution in [0.2, 0.25) is 0 Å². The maximum Gasteiger partial charge on any atom is 0.162 e. The molecule has 2 N–H and O–H groups in total. The SMILES string of the molecule is NC(Cc1cccc(F)c1F)C1CCCCCC1. The van der Waals surface area contributed by atoms with Crippen LogP contribution in [0, 0.1) is 17.6 Å². The molecule has 0 aliphatic heterocycles. The van der Waals surface area contributed by atoms with Crippen LogP contribution in [0.15, 0.2) is 18.2 Å². The van der Waals surface area contributed by atoms with E-state index in [0.29, 0.717) is 17.9 Å². The highest BCUT2D eigenvalue weighted by Gasteiger charge is 2.21. The van der Waals surface area contributed by atoms with Gasteiger partial charge in [-0.1, -0.05) is 37.8 Å². The van der Waals surface area contributed by atoms with E-state index in [1.807, 2.05) is 0 Å². The minimum atomic E-state index is -0.777. The summed E-state index contributed by atoms with van der Waals surface area (Å²) in [7, 11) is 0. The standard InChI is InChI=1S/C15H21F2N/c16-13-9-5-8-12(15(13)17)10-14(18)11-6-3-1-2-4-7-11/h5,8-9,11,14H,1-4,6-7,10,18H2. The van der Waals surface area contributed by atoms with E-state index in [4.69, 9.17) is 5.73 Å². The second kappa shape index (κ2) is 6.28. The summed E-state index contributed by atoms with van der Waals surface area (Å²) in [6, 6.07) is 4.28. The number of hydrogen-bond acceptors (Lipinski definition) is 1. The van der Waals surface area contributed by atoms with Crippen molar-refractivity contribution in [1.82, 2.24) is 0 Å². The molecule has 1 fully saturated rings. The van der Waals surface area contributed by atoms with Gasteiger partial charge in [-0.2, -0.15) is 0 Å². The Morgan fingerprint density at radius 2 is 1.78 bits per heavy atom. The Morgan fingerprint density at radius 3 is 2.44 bits per heavy atom. The lowest BCUT2D eigenvalue weighted by Gasteiger charge is -2.22.